The molecule has 2 rings (SSSR count). The van der Waals surface area contributed by atoms with Gasteiger partial charge < -0.3 is 5.32 Å². The number of para-hydroxylation sites is 1. The van der Waals surface area contributed by atoms with Crippen LogP contribution in [0.25, 0.3) is 0 Å². The summed E-state index contributed by atoms with van der Waals surface area (Å²) in [4.78, 5) is 5.80. The topological polar surface area (TPSA) is 24.4 Å². The minimum Gasteiger partial charge on any atom is -0.335 e. The Morgan fingerprint density at radius 3 is 2.62 bits per heavy atom. The molecule has 0 radical (unpaired) electrons. The zero-order valence-electron chi connectivity index (χ0n) is 9.66. The van der Waals surface area contributed by atoms with E-state index in [9.17, 15) is 0 Å². The molecule has 1 aromatic rings. The lowest BCUT2D eigenvalue weighted by atomic mass is 10.0. The van der Waals surface area contributed by atoms with Gasteiger partial charge in [0.15, 0.2) is 5.17 Å². The number of thioether (sulfide) groups is 1. The van der Waals surface area contributed by atoms with E-state index in [0.717, 1.165) is 22.2 Å². The first-order valence-corrected chi connectivity index (χ1v) is 6.25. The maximum Gasteiger partial charge on any atom is 0.166 e. The van der Waals surface area contributed by atoms with Crippen molar-refractivity contribution < 1.29 is 0 Å². The van der Waals surface area contributed by atoms with Gasteiger partial charge in [-0.15, -0.1) is 0 Å². The number of amidine groups is 1. The molecule has 0 aliphatic carbocycles. The molecular formula is C13H16N2S. The first-order chi connectivity index (χ1) is 7.64. The molecule has 1 heterocycles. The third-order valence-corrected chi connectivity index (χ3v) is 3.96. The van der Waals surface area contributed by atoms with E-state index in [4.69, 9.17) is 0 Å². The van der Waals surface area contributed by atoms with E-state index >= 15 is 0 Å². The summed E-state index contributed by atoms with van der Waals surface area (Å²) >= 11 is 1.64. The molecule has 0 amide bonds. The molecule has 0 aromatic heterocycles. The molecule has 0 saturated carbocycles. The summed E-state index contributed by atoms with van der Waals surface area (Å²) in [5.74, 6) is 0. The lowest BCUT2D eigenvalue weighted by Crippen LogP contribution is -2.18. The first-order valence-electron chi connectivity index (χ1n) is 5.43. The van der Waals surface area contributed by atoms with Crippen LogP contribution >= 0.6 is 11.8 Å². The second-order valence-corrected chi connectivity index (χ2v) is 5.14. The predicted molar refractivity (Wildman–Crippen MR) is 72.9 cm³/mol. The van der Waals surface area contributed by atoms with Crippen LogP contribution in [0.5, 0.6) is 0 Å². The number of anilines is 1. The summed E-state index contributed by atoms with van der Waals surface area (Å²) in [5, 5.41) is 4.26. The molecule has 1 N–H and O–H groups in total. The van der Waals surface area contributed by atoms with Crippen molar-refractivity contribution in [2.75, 3.05) is 5.32 Å². The molecule has 1 atom stereocenters. The Balaban J connectivity index is 2.14. The third-order valence-electron chi connectivity index (χ3n) is 2.88. The van der Waals surface area contributed by atoms with E-state index < -0.39 is 0 Å². The summed E-state index contributed by atoms with van der Waals surface area (Å²) in [6.45, 7) is 8.35. The van der Waals surface area contributed by atoms with Crippen LogP contribution in [0.1, 0.15) is 20.3 Å². The van der Waals surface area contributed by atoms with Crippen molar-refractivity contribution in [3.8, 4) is 0 Å². The molecule has 84 valence electrons. The van der Waals surface area contributed by atoms with Crippen molar-refractivity contribution in [1.82, 2.24) is 0 Å². The van der Waals surface area contributed by atoms with Crippen LogP contribution in [-0.4, -0.2) is 10.7 Å². The molecule has 0 fully saturated rings. The predicted octanol–water partition coefficient (Wildman–Crippen LogP) is 3.88. The minimum absolute atomic E-state index is 0.109. The second-order valence-electron chi connectivity index (χ2n) is 4.06. The smallest absolute Gasteiger partial charge is 0.166 e. The number of nitrogens with one attached hydrogen (secondary N) is 1. The average Bonchev–Trinajstić information content (AvgIpc) is 2.56. The van der Waals surface area contributed by atoms with E-state index in [1.54, 1.807) is 11.8 Å². The average molecular weight is 232 g/mol. The monoisotopic (exact) mass is 232 g/mol. The van der Waals surface area contributed by atoms with Gasteiger partial charge in [0.1, 0.15) is 0 Å². The minimum atomic E-state index is -0.109. The molecule has 0 spiro atoms. The van der Waals surface area contributed by atoms with Crippen molar-refractivity contribution >= 4 is 22.6 Å². The molecular weight excluding hydrogens is 216 g/mol. The first kappa shape index (κ1) is 11.3. The van der Waals surface area contributed by atoms with Gasteiger partial charge in [0.25, 0.3) is 0 Å². The zero-order chi connectivity index (χ0) is 11.6. The summed E-state index contributed by atoms with van der Waals surface area (Å²) in [5.41, 5.74) is 0.962. The molecule has 0 bridgehead atoms. The Kier molecular flexibility index (Phi) is 3.06. The van der Waals surface area contributed by atoms with Crippen LogP contribution in [-0.2, 0) is 0 Å². The van der Waals surface area contributed by atoms with Gasteiger partial charge in [-0.05, 0) is 25.5 Å². The van der Waals surface area contributed by atoms with Gasteiger partial charge >= 0.3 is 0 Å². The summed E-state index contributed by atoms with van der Waals surface area (Å²) < 4.78 is 0. The van der Waals surface area contributed by atoms with Crippen molar-refractivity contribution in [1.29, 1.82) is 0 Å². The second kappa shape index (κ2) is 4.34. The third kappa shape index (κ3) is 2.14. The number of nitrogens with zero attached hydrogens (tertiary/aromatic N) is 1. The Labute approximate surface area is 101 Å². The Bertz CT molecular complexity index is 425. The number of hydrogen-bond donors (Lipinski definition) is 1. The van der Waals surface area contributed by atoms with E-state index in [1.165, 1.54) is 0 Å². The Hall–Kier alpha value is -1.22. The van der Waals surface area contributed by atoms with Crippen molar-refractivity contribution in [3.05, 3.63) is 41.8 Å². The molecule has 2 nitrogen and oxygen atoms in total. The maximum atomic E-state index is 4.68. The van der Waals surface area contributed by atoms with Crippen LogP contribution in [0, 0.1) is 0 Å². The van der Waals surface area contributed by atoms with E-state index in [1.807, 2.05) is 30.3 Å². The molecule has 1 aliphatic heterocycles. The lowest BCUT2D eigenvalue weighted by molar-refractivity contribution is 0.567. The molecule has 1 unspecified atom stereocenters. The van der Waals surface area contributed by atoms with Gasteiger partial charge in [-0.1, -0.05) is 43.5 Å². The Morgan fingerprint density at radius 2 is 2.06 bits per heavy atom. The zero-order valence-corrected chi connectivity index (χ0v) is 10.5. The van der Waals surface area contributed by atoms with Gasteiger partial charge in [-0.2, -0.15) is 0 Å². The van der Waals surface area contributed by atoms with E-state index in [2.05, 4.69) is 30.7 Å². The van der Waals surface area contributed by atoms with Crippen molar-refractivity contribution in [3.63, 3.8) is 0 Å². The van der Waals surface area contributed by atoms with Crippen LogP contribution < -0.4 is 5.32 Å². The number of rotatable bonds is 2. The molecule has 1 aromatic carbocycles. The van der Waals surface area contributed by atoms with Crippen LogP contribution in [0.3, 0.4) is 0 Å². The van der Waals surface area contributed by atoms with Gasteiger partial charge in [-0.3, -0.25) is 4.99 Å². The molecule has 16 heavy (non-hydrogen) atoms. The van der Waals surface area contributed by atoms with Crippen molar-refractivity contribution in [2.45, 2.75) is 25.8 Å². The largest absolute Gasteiger partial charge is 0.335 e. The lowest BCUT2D eigenvalue weighted by Gasteiger charge is -2.17. The Morgan fingerprint density at radius 1 is 1.38 bits per heavy atom. The van der Waals surface area contributed by atoms with Crippen LogP contribution in [0.15, 0.2) is 46.8 Å². The summed E-state index contributed by atoms with van der Waals surface area (Å²) in [6, 6.07) is 10.1. The van der Waals surface area contributed by atoms with Gasteiger partial charge in [0.2, 0.25) is 0 Å². The maximum absolute atomic E-state index is 4.68. The van der Waals surface area contributed by atoms with E-state index in [0.29, 0.717) is 0 Å². The summed E-state index contributed by atoms with van der Waals surface area (Å²) in [6.07, 6.45) is 0.985. The molecule has 3 heteroatoms. The fourth-order valence-corrected chi connectivity index (χ4v) is 2.57. The van der Waals surface area contributed by atoms with E-state index in [-0.39, 0.29) is 5.54 Å². The normalized spacial score (nSPS) is 24.4. The number of hydrogen-bond acceptors (Lipinski definition) is 3. The highest BCUT2D eigenvalue weighted by Gasteiger charge is 2.32. The highest BCUT2D eigenvalue weighted by molar-refractivity contribution is 8.17. The van der Waals surface area contributed by atoms with Crippen LogP contribution in [0.2, 0.25) is 0 Å². The highest BCUT2D eigenvalue weighted by atomic mass is 32.2. The SMILES string of the molecule is C=C1SC(Nc2ccccc2)=NC1(C)CC. The molecule has 1 aliphatic rings. The number of benzene rings is 1. The quantitative estimate of drug-likeness (QED) is 0.836. The van der Waals surface area contributed by atoms with Gasteiger partial charge in [0.05, 0.1) is 5.54 Å². The van der Waals surface area contributed by atoms with Gasteiger partial charge in [0, 0.05) is 10.6 Å². The van der Waals surface area contributed by atoms with Gasteiger partial charge in [-0.25, -0.2) is 0 Å². The summed E-state index contributed by atoms with van der Waals surface area (Å²) in [7, 11) is 0. The fraction of sp³-hybridized carbons (Fsp3) is 0.308. The molecule has 0 saturated heterocycles. The standard InChI is InChI=1S/C13H16N2S/c1-4-13(3)10(2)16-12(15-13)14-11-8-6-5-7-9-11/h5-9H,2,4H2,1,3H3,(H,14,15). The fourth-order valence-electron chi connectivity index (χ4n) is 1.51. The van der Waals surface area contributed by atoms with Crippen LogP contribution in [0.4, 0.5) is 5.69 Å². The highest BCUT2D eigenvalue weighted by Crippen LogP contribution is 2.40. The van der Waals surface area contributed by atoms with Crippen molar-refractivity contribution in [2.24, 2.45) is 4.99 Å². The number of aliphatic imine (C=N–C) groups is 1.